The number of likely N-dealkylation sites (N-methyl/N-ethyl adjacent to an activating group) is 2. The second-order valence-corrected chi connectivity index (χ2v) is 19.7. The van der Waals surface area contributed by atoms with Crippen LogP contribution in [0.3, 0.4) is 0 Å². The van der Waals surface area contributed by atoms with Gasteiger partial charge < -0.3 is 40.3 Å². The molecule has 0 unspecified atom stereocenters. The lowest BCUT2D eigenvalue weighted by atomic mass is 9.77. The van der Waals surface area contributed by atoms with Gasteiger partial charge in [0.05, 0.1) is 11.8 Å². The number of hydrogen-bond acceptors (Lipinski definition) is 14. The summed E-state index contributed by atoms with van der Waals surface area (Å²) in [6.07, 6.45) is 1.03. The van der Waals surface area contributed by atoms with E-state index in [4.69, 9.17) is 4.74 Å². The van der Waals surface area contributed by atoms with E-state index in [1.54, 1.807) is 25.1 Å². The molecule has 6 aliphatic rings. The molecule has 5 saturated heterocycles. The number of likely N-dealkylation sites (tertiary alicyclic amines) is 1. The van der Waals surface area contributed by atoms with Crippen molar-refractivity contribution in [3.05, 3.63) is 77.9 Å². The highest BCUT2D eigenvalue weighted by atomic mass is 16.5. The molecule has 2 aromatic rings. The number of anilines is 1. The molecule has 0 aromatic heterocycles. The number of fused-ring (bicyclic) bond motifs is 7. The lowest BCUT2D eigenvalue weighted by Gasteiger charge is -2.40. The van der Waals surface area contributed by atoms with Gasteiger partial charge in [-0.05, 0) is 62.6 Å². The third kappa shape index (κ3) is 8.80. The van der Waals surface area contributed by atoms with Gasteiger partial charge in [-0.1, -0.05) is 55.5 Å². The number of piperidine rings is 1. The van der Waals surface area contributed by atoms with Gasteiger partial charge >= 0.3 is 5.97 Å². The molecule has 5 fully saturated rings. The molecule has 0 spiro atoms. The fourth-order valence-electron chi connectivity index (χ4n) is 11.3. The highest BCUT2D eigenvalue weighted by Crippen LogP contribution is 2.51. The van der Waals surface area contributed by atoms with E-state index in [1.807, 2.05) is 43.3 Å². The predicted octanol–water partition coefficient (Wildman–Crippen LogP) is -0.722. The largest absolute Gasteiger partial charge is 0.458 e. The number of nitrogens with one attached hydrogen (secondary N) is 3. The van der Waals surface area contributed by atoms with Crippen LogP contribution in [0.1, 0.15) is 63.1 Å². The van der Waals surface area contributed by atoms with Crippen molar-refractivity contribution >= 4 is 70.5 Å². The first kappa shape index (κ1) is 51.1. The molecule has 21 heteroatoms. The standard InChI is InChI=1S/C51H61N9O12/c1-8-32-44(65)59-23-12-15-34(59)45(66)56(5)36(25-28-16-18-30(19-17-28)55(3)4)46(67)60-24-22-31(61)26-35(60)42(63)53-41(29-13-10-9-11-14-29)49(70)72-27(2)40(43(64)52-32)54-50(71)51-37(62)21-20-33(58(51)7)38-39(51)48(69)57(6)47(38)68/h9-11,13-14,16-21,27,32-36,38-41H,8,12,15,22-26H2,1-7H3,(H,52,64)(H,53,63)(H,54,71)/t27-,32-,33-,34+,35+,36+,38-,39+,40+,41+,51+/m1/s1. The monoisotopic (exact) mass is 991 g/mol. The molecule has 6 heterocycles. The summed E-state index contributed by atoms with van der Waals surface area (Å²) in [5.41, 5.74) is -0.549. The highest BCUT2D eigenvalue weighted by molar-refractivity contribution is 6.23. The first-order valence-electron chi connectivity index (χ1n) is 24.3. The Labute approximate surface area is 416 Å². The van der Waals surface area contributed by atoms with Crippen LogP contribution in [0.15, 0.2) is 66.7 Å². The number of hydrogen-bond donors (Lipinski definition) is 3. The van der Waals surface area contributed by atoms with E-state index < -0.39 is 131 Å². The maximum Gasteiger partial charge on any atom is 0.333 e. The first-order valence-corrected chi connectivity index (χ1v) is 24.3. The zero-order valence-electron chi connectivity index (χ0n) is 41.4. The molecule has 21 nitrogen and oxygen atoms in total. The van der Waals surface area contributed by atoms with Crippen LogP contribution in [-0.2, 0) is 63.9 Å². The molecule has 8 rings (SSSR count). The number of carbonyl (C=O) groups excluding carboxylic acids is 11. The van der Waals surface area contributed by atoms with E-state index in [1.165, 1.54) is 65.9 Å². The van der Waals surface area contributed by atoms with Gasteiger partial charge in [0.2, 0.25) is 47.3 Å². The Morgan fingerprint density at radius 1 is 0.806 bits per heavy atom. The van der Waals surface area contributed by atoms with Gasteiger partial charge in [-0.3, -0.25) is 57.7 Å². The lowest BCUT2D eigenvalue weighted by Crippen LogP contribution is -2.69. The summed E-state index contributed by atoms with van der Waals surface area (Å²) in [7, 11) is 7.88. The van der Waals surface area contributed by atoms with Crippen LogP contribution < -0.4 is 20.9 Å². The summed E-state index contributed by atoms with van der Waals surface area (Å²) in [6, 6.07) is 5.81. The lowest BCUT2D eigenvalue weighted by molar-refractivity contribution is -0.159. The third-order valence-corrected chi connectivity index (χ3v) is 15.4. The molecule has 11 atom stereocenters. The Balaban J connectivity index is 1.20. The van der Waals surface area contributed by atoms with Crippen LogP contribution in [0, 0.1) is 11.8 Å². The fourth-order valence-corrected chi connectivity index (χ4v) is 11.3. The van der Waals surface area contributed by atoms with E-state index in [-0.39, 0.29) is 50.1 Å². The maximum atomic E-state index is 15.1. The third-order valence-electron chi connectivity index (χ3n) is 15.4. The van der Waals surface area contributed by atoms with Crippen molar-refractivity contribution < 1.29 is 57.5 Å². The second kappa shape index (κ2) is 20.1. The minimum atomic E-state index is -2.32. The van der Waals surface area contributed by atoms with Gasteiger partial charge in [-0.15, -0.1) is 0 Å². The van der Waals surface area contributed by atoms with Gasteiger partial charge in [0.15, 0.2) is 17.4 Å². The maximum absolute atomic E-state index is 15.1. The molecule has 8 amide bonds. The van der Waals surface area contributed by atoms with Crippen LogP contribution in [0.4, 0.5) is 5.69 Å². The summed E-state index contributed by atoms with van der Waals surface area (Å²) in [6.45, 7) is 2.83. The van der Waals surface area contributed by atoms with Crippen molar-refractivity contribution in [2.45, 2.75) is 106 Å². The van der Waals surface area contributed by atoms with Crippen LogP contribution in [-0.4, -0.2) is 186 Å². The van der Waals surface area contributed by atoms with E-state index >= 15 is 4.79 Å². The number of imide groups is 1. The van der Waals surface area contributed by atoms with Crippen molar-refractivity contribution in [1.82, 2.24) is 40.4 Å². The normalized spacial score (nSPS) is 31.8. The summed E-state index contributed by atoms with van der Waals surface area (Å²) >= 11 is 0. The van der Waals surface area contributed by atoms with Crippen molar-refractivity contribution in [1.29, 1.82) is 0 Å². The molecule has 0 aliphatic carbocycles. The van der Waals surface area contributed by atoms with E-state index in [2.05, 4.69) is 16.0 Å². The summed E-state index contributed by atoms with van der Waals surface area (Å²) in [4.78, 5) is 166. The average molecular weight is 992 g/mol. The zero-order valence-corrected chi connectivity index (χ0v) is 41.4. The Hall–Kier alpha value is -7.29. The number of esters is 1. The van der Waals surface area contributed by atoms with Crippen LogP contribution in [0.25, 0.3) is 0 Å². The number of Topliss-reactive ketones (excluding diaryl/α,β-unsaturated/α-hetero) is 1. The average Bonchev–Trinajstić information content (AvgIpc) is 3.99. The van der Waals surface area contributed by atoms with Crippen LogP contribution in [0.5, 0.6) is 0 Å². The molecule has 2 aromatic carbocycles. The number of amides is 8. The van der Waals surface area contributed by atoms with Crippen molar-refractivity contribution in [2.75, 3.05) is 53.2 Å². The highest BCUT2D eigenvalue weighted by Gasteiger charge is 2.74. The minimum Gasteiger partial charge on any atom is -0.458 e. The molecular weight excluding hydrogens is 931 g/mol. The molecule has 0 saturated carbocycles. The van der Waals surface area contributed by atoms with E-state index in [0.717, 1.165) is 16.7 Å². The fraction of sp³-hybridized carbons (Fsp3) is 0.510. The Morgan fingerprint density at radius 2 is 1.49 bits per heavy atom. The Morgan fingerprint density at radius 3 is 2.15 bits per heavy atom. The molecule has 6 aliphatic heterocycles. The number of carbonyl (C=O) groups is 11. The predicted molar refractivity (Wildman–Crippen MR) is 256 cm³/mol. The number of nitrogens with zero attached hydrogens (tertiary/aromatic N) is 6. The van der Waals surface area contributed by atoms with Gasteiger partial charge in [0.25, 0.3) is 0 Å². The van der Waals surface area contributed by atoms with Gasteiger partial charge in [-0.2, -0.15) is 0 Å². The zero-order chi connectivity index (χ0) is 52.1. The number of ether oxygens (including phenoxy) is 1. The summed E-state index contributed by atoms with van der Waals surface area (Å²) in [5.74, 6) is -11.2. The number of benzene rings is 2. The Kier molecular flexibility index (Phi) is 14.2. The van der Waals surface area contributed by atoms with E-state index in [0.29, 0.717) is 12.0 Å². The topological polar surface area (TPSA) is 253 Å². The Bertz CT molecular complexity index is 2620. The quantitative estimate of drug-likeness (QED) is 0.176. The molecule has 382 valence electrons. The van der Waals surface area contributed by atoms with Crippen LogP contribution >= 0.6 is 0 Å². The van der Waals surface area contributed by atoms with Crippen LogP contribution in [0.2, 0.25) is 0 Å². The SMILES string of the molecule is CC[C@H]1NC(=O)[C@@H](NC(=O)[C@]23C(=O)C=C[C@H]([C@H]4C(=O)N(C)C(=O)[C@H]42)N3C)[C@@H](C)OC(=O)[C@H](c2ccccc2)NC(=O)[C@@H]2CC(=O)CCN2C(=O)[C@H](Cc2ccc(N(C)C)cc2)N(C)C(=O)[C@@H]2CCCN2C1=O. The number of cyclic esters (lactones) is 1. The van der Waals surface area contributed by atoms with Crippen molar-refractivity contribution in [2.24, 2.45) is 11.8 Å². The molecule has 0 radical (unpaired) electrons. The van der Waals surface area contributed by atoms with Gasteiger partial charge in [-0.25, -0.2) is 4.79 Å². The molecule has 72 heavy (non-hydrogen) atoms. The van der Waals surface area contributed by atoms with E-state index in [9.17, 15) is 47.9 Å². The summed E-state index contributed by atoms with van der Waals surface area (Å²) < 4.78 is 5.98. The van der Waals surface area contributed by atoms with Gasteiger partial charge in [0, 0.05) is 72.3 Å². The van der Waals surface area contributed by atoms with Crippen molar-refractivity contribution in [3.8, 4) is 0 Å². The summed E-state index contributed by atoms with van der Waals surface area (Å²) in [5, 5.41) is 7.95. The molecular formula is C51H61N9O12. The molecule has 2 bridgehead atoms. The smallest absolute Gasteiger partial charge is 0.333 e. The second-order valence-electron chi connectivity index (χ2n) is 19.7. The minimum absolute atomic E-state index is 0.00592. The van der Waals surface area contributed by atoms with Crippen molar-refractivity contribution in [3.63, 3.8) is 0 Å². The number of ketones is 2. The molecule has 3 N–H and O–H groups in total. The first-order chi connectivity index (χ1) is 34.2. The number of rotatable bonds is 7. The van der Waals surface area contributed by atoms with Gasteiger partial charge in [0.1, 0.15) is 42.1 Å².